The largest absolute Gasteiger partial charge is 0.374 e. The molecule has 0 bridgehead atoms. The second-order valence-electron chi connectivity index (χ2n) is 11.3. The molecule has 1 atom stereocenters. The second-order valence-corrected chi connectivity index (χ2v) is 11.3. The van der Waals surface area contributed by atoms with Crippen LogP contribution in [-0.4, -0.2) is 38.7 Å². The van der Waals surface area contributed by atoms with Crippen molar-refractivity contribution in [2.75, 3.05) is 16.0 Å². The topological polar surface area (TPSA) is 150 Å². The monoisotopic (exact) mass is 626 g/mol. The number of nitrogens with zero attached hydrogens (tertiary/aromatic N) is 3. The Bertz CT molecular complexity index is 1880. The fourth-order valence-corrected chi connectivity index (χ4v) is 5.13. The summed E-state index contributed by atoms with van der Waals surface area (Å²) in [6.45, 7) is 3.26. The van der Waals surface area contributed by atoms with E-state index in [2.05, 4.69) is 41.5 Å². The highest BCUT2D eigenvalue weighted by Gasteiger charge is 2.26. The zero-order chi connectivity index (χ0) is 32.6. The van der Waals surface area contributed by atoms with Crippen molar-refractivity contribution in [1.29, 1.82) is 0 Å². The summed E-state index contributed by atoms with van der Waals surface area (Å²) >= 11 is 0. The fourth-order valence-electron chi connectivity index (χ4n) is 5.13. The first-order chi connectivity index (χ1) is 22.9. The normalized spacial score (nSPS) is 14.3. The van der Waals surface area contributed by atoms with E-state index in [1.807, 2.05) is 91.9 Å². The van der Waals surface area contributed by atoms with E-state index in [0.29, 0.717) is 43.1 Å². The van der Waals surface area contributed by atoms with Crippen molar-refractivity contribution in [1.82, 2.24) is 25.6 Å². The maximum atomic E-state index is 13.0. The third kappa shape index (κ3) is 8.21. The maximum absolute atomic E-state index is 13.0. The molecule has 6 rings (SSSR count). The summed E-state index contributed by atoms with van der Waals surface area (Å²) in [4.78, 5) is 49.5. The molecule has 5 N–H and O–H groups in total. The van der Waals surface area contributed by atoms with Gasteiger partial charge in [-0.05, 0) is 84.6 Å². The van der Waals surface area contributed by atoms with Gasteiger partial charge in [-0.3, -0.25) is 24.7 Å². The Morgan fingerprint density at radius 2 is 1.64 bits per heavy atom. The van der Waals surface area contributed by atoms with Gasteiger partial charge in [0, 0.05) is 66.3 Å². The first-order valence-corrected chi connectivity index (χ1v) is 15.3. The third-order valence-corrected chi connectivity index (χ3v) is 7.76. The zero-order valence-corrected chi connectivity index (χ0v) is 25.8. The van der Waals surface area contributed by atoms with Crippen LogP contribution in [0.25, 0.3) is 11.3 Å². The number of anilines is 4. The molecule has 0 spiro atoms. The van der Waals surface area contributed by atoms with Crippen molar-refractivity contribution in [3.8, 4) is 11.3 Å². The molecule has 1 aliphatic rings. The van der Waals surface area contributed by atoms with Crippen LogP contribution in [0.1, 0.15) is 39.9 Å². The molecule has 2 aromatic heterocycles. The average Bonchev–Trinajstić information content (AvgIpc) is 3.09. The molecule has 11 heteroatoms. The molecule has 1 aliphatic heterocycles. The molecule has 1 fully saturated rings. The first kappa shape index (κ1) is 31.1. The van der Waals surface area contributed by atoms with Crippen LogP contribution in [0, 0.1) is 6.92 Å². The number of hydrogen-bond donors (Lipinski definition) is 5. The number of nitrogens with one attached hydrogen (secondary N) is 5. The maximum Gasteiger partial charge on any atom is 0.255 e. The third-order valence-electron chi connectivity index (χ3n) is 7.76. The SMILES string of the molecule is Cc1ccc(NC(=O)c2ccc(CNCc3ccc(NC4CCC(=O)NC4=O)cc3)cc2)cc1Nc1nccc(-c2cccnc2)n1. The molecule has 3 aromatic carbocycles. The van der Waals surface area contributed by atoms with Gasteiger partial charge in [-0.2, -0.15) is 0 Å². The van der Waals surface area contributed by atoms with Gasteiger partial charge in [0.15, 0.2) is 0 Å². The van der Waals surface area contributed by atoms with E-state index in [-0.39, 0.29) is 17.7 Å². The molecule has 0 saturated carbocycles. The molecule has 3 heterocycles. The summed E-state index contributed by atoms with van der Waals surface area (Å²) in [5.74, 6) is -0.280. The van der Waals surface area contributed by atoms with Crippen LogP contribution in [0.2, 0.25) is 0 Å². The lowest BCUT2D eigenvalue weighted by atomic mass is 10.1. The minimum Gasteiger partial charge on any atom is -0.374 e. The predicted octanol–water partition coefficient (Wildman–Crippen LogP) is 5.35. The molecule has 5 aromatic rings. The van der Waals surface area contributed by atoms with Gasteiger partial charge in [0.25, 0.3) is 5.91 Å². The van der Waals surface area contributed by atoms with Crippen LogP contribution in [0.4, 0.5) is 23.0 Å². The van der Waals surface area contributed by atoms with E-state index in [1.165, 1.54) is 0 Å². The Labute approximate surface area is 272 Å². The van der Waals surface area contributed by atoms with Crippen molar-refractivity contribution in [2.24, 2.45) is 0 Å². The summed E-state index contributed by atoms with van der Waals surface area (Å²) in [7, 11) is 0. The molecular weight excluding hydrogens is 592 g/mol. The highest BCUT2D eigenvalue weighted by Crippen LogP contribution is 2.25. The number of piperidine rings is 1. The van der Waals surface area contributed by atoms with Gasteiger partial charge in [-0.25, -0.2) is 9.97 Å². The summed E-state index contributed by atoms with van der Waals surface area (Å²) < 4.78 is 0. The van der Waals surface area contributed by atoms with Crippen LogP contribution in [-0.2, 0) is 22.7 Å². The molecule has 0 radical (unpaired) electrons. The molecule has 1 saturated heterocycles. The van der Waals surface area contributed by atoms with Gasteiger partial charge < -0.3 is 21.3 Å². The van der Waals surface area contributed by atoms with E-state index in [0.717, 1.165) is 39.3 Å². The molecule has 3 amide bonds. The zero-order valence-electron chi connectivity index (χ0n) is 25.8. The highest BCUT2D eigenvalue weighted by molar-refractivity contribution is 6.04. The molecular formula is C36H34N8O3. The Morgan fingerprint density at radius 1 is 0.894 bits per heavy atom. The average molecular weight is 627 g/mol. The van der Waals surface area contributed by atoms with Gasteiger partial charge in [-0.1, -0.05) is 30.3 Å². The van der Waals surface area contributed by atoms with E-state index >= 15 is 0 Å². The van der Waals surface area contributed by atoms with Crippen LogP contribution < -0.4 is 26.6 Å². The van der Waals surface area contributed by atoms with E-state index in [9.17, 15) is 14.4 Å². The summed E-state index contributed by atoms with van der Waals surface area (Å²) in [5.41, 5.74) is 7.59. The molecule has 47 heavy (non-hydrogen) atoms. The molecule has 0 aliphatic carbocycles. The van der Waals surface area contributed by atoms with Crippen LogP contribution >= 0.6 is 0 Å². The second kappa shape index (κ2) is 14.4. The molecule has 11 nitrogen and oxygen atoms in total. The lowest BCUT2D eigenvalue weighted by molar-refractivity contribution is -0.133. The number of carbonyl (C=O) groups excluding carboxylic acids is 3. The van der Waals surface area contributed by atoms with Gasteiger partial charge in [0.2, 0.25) is 17.8 Å². The van der Waals surface area contributed by atoms with Gasteiger partial charge in [0.05, 0.1) is 5.69 Å². The standard InChI is InChI=1S/C36H34N8O3/c1-23-4-11-29(19-32(23)43-36-39-18-16-30(42-36)27-3-2-17-37-22-27)41-34(46)26-9-5-24(6-10-26)20-38-21-25-7-12-28(13-8-25)40-31-14-15-33(45)44-35(31)47/h2-13,16-19,22,31,38,40H,14-15,20-21H2,1H3,(H,41,46)(H,39,42,43)(H,44,45,47). The first-order valence-electron chi connectivity index (χ1n) is 15.3. The van der Waals surface area contributed by atoms with E-state index in [1.54, 1.807) is 18.6 Å². The van der Waals surface area contributed by atoms with Crippen LogP contribution in [0.3, 0.4) is 0 Å². The van der Waals surface area contributed by atoms with Gasteiger partial charge in [-0.15, -0.1) is 0 Å². The van der Waals surface area contributed by atoms with Crippen LogP contribution in [0.15, 0.2) is 104 Å². The van der Waals surface area contributed by atoms with Crippen molar-refractivity contribution >= 4 is 40.7 Å². The summed E-state index contributed by atoms with van der Waals surface area (Å²) in [6.07, 6.45) is 5.99. The highest BCUT2D eigenvalue weighted by atomic mass is 16.2. The minimum atomic E-state index is -0.407. The van der Waals surface area contributed by atoms with Crippen molar-refractivity contribution in [3.05, 3.63) is 126 Å². The Morgan fingerprint density at radius 3 is 2.36 bits per heavy atom. The molecule has 236 valence electrons. The fraction of sp³-hybridized carbons (Fsp3) is 0.167. The Hall–Kier alpha value is -5.94. The lowest BCUT2D eigenvalue weighted by Gasteiger charge is -2.22. The number of benzene rings is 3. The smallest absolute Gasteiger partial charge is 0.255 e. The Kier molecular flexibility index (Phi) is 9.54. The number of aryl methyl sites for hydroxylation is 1. The quantitative estimate of drug-likeness (QED) is 0.122. The minimum absolute atomic E-state index is 0.208. The van der Waals surface area contributed by atoms with Crippen molar-refractivity contribution in [3.63, 3.8) is 0 Å². The number of hydrogen-bond acceptors (Lipinski definition) is 9. The number of imide groups is 1. The van der Waals surface area contributed by atoms with Crippen molar-refractivity contribution in [2.45, 2.75) is 38.9 Å². The van der Waals surface area contributed by atoms with Crippen molar-refractivity contribution < 1.29 is 14.4 Å². The van der Waals surface area contributed by atoms with E-state index in [4.69, 9.17) is 0 Å². The number of pyridine rings is 1. The number of amides is 3. The lowest BCUT2D eigenvalue weighted by Crippen LogP contribution is -2.47. The number of aromatic nitrogens is 3. The number of carbonyl (C=O) groups is 3. The summed E-state index contributed by atoms with van der Waals surface area (Å²) in [6, 6.07) is 26.2. The predicted molar refractivity (Wildman–Crippen MR) is 181 cm³/mol. The summed E-state index contributed by atoms with van der Waals surface area (Å²) in [5, 5.41) is 15.2. The van der Waals surface area contributed by atoms with Gasteiger partial charge >= 0.3 is 0 Å². The number of rotatable bonds is 11. The van der Waals surface area contributed by atoms with Gasteiger partial charge in [0.1, 0.15) is 6.04 Å². The Balaban J connectivity index is 0.992. The van der Waals surface area contributed by atoms with Crippen LogP contribution in [0.5, 0.6) is 0 Å². The molecule has 1 unspecified atom stereocenters. The van der Waals surface area contributed by atoms with E-state index < -0.39 is 6.04 Å².